The third-order valence-corrected chi connectivity index (χ3v) is 5.88. The predicted molar refractivity (Wildman–Crippen MR) is 134 cm³/mol. The first-order valence-electron chi connectivity index (χ1n) is 11.5. The second-order valence-corrected chi connectivity index (χ2v) is 8.99. The minimum absolute atomic E-state index is 0.0900. The van der Waals surface area contributed by atoms with Crippen LogP contribution in [0.3, 0.4) is 0 Å². The Kier molecular flexibility index (Phi) is 10.7. The number of phenolic OH excluding ortho intramolecular Hbond substituents is 1. The number of ether oxygens (including phenoxy) is 1. The van der Waals surface area contributed by atoms with Gasteiger partial charge in [0.15, 0.2) is 0 Å². The van der Waals surface area contributed by atoms with Crippen LogP contribution in [0.1, 0.15) is 66.9 Å². The highest BCUT2D eigenvalue weighted by Gasteiger charge is 2.44. The van der Waals surface area contributed by atoms with Crippen molar-refractivity contribution in [2.45, 2.75) is 73.8 Å². The van der Waals surface area contributed by atoms with Gasteiger partial charge in [-0.1, -0.05) is 72.3 Å². The molecule has 6 nitrogen and oxygen atoms in total. The Hall–Kier alpha value is -2.60. The number of nitrogens with one attached hydrogen (secondary N) is 1. The lowest BCUT2D eigenvalue weighted by atomic mass is 9.65. The molecule has 0 radical (unpaired) electrons. The molecule has 0 bridgehead atoms. The van der Waals surface area contributed by atoms with Crippen molar-refractivity contribution in [2.24, 2.45) is 21.7 Å². The molecule has 1 aliphatic carbocycles. The topological polar surface area (TPSA) is 96.9 Å². The van der Waals surface area contributed by atoms with Crippen LogP contribution in [0.5, 0.6) is 5.75 Å². The molecule has 0 spiro atoms. The summed E-state index contributed by atoms with van der Waals surface area (Å²) in [6, 6.07) is 4.93. The summed E-state index contributed by atoms with van der Waals surface area (Å²) < 4.78 is 5.65. The van der Waals surface area contributed by atoms with Crippen molar-refractivity contribution in [1.29, 1.82) is 0 Å². The fourth-order valence-corrected chi connectivity index (χ4v) is 3.32. The molecule has 6 heteroatoms. The van der Waals surface area contributed by atoms with E-state index >= 15 is 0 Å². The Bertz CT molecular complexity index is 837. The number of aromatic hydroxyl groups is 1. The number of carbonyl (C=O) groups excluding carboxylic acids is 1. The van der Waals surface area contributed by atoms with E-state index < -0.39 is 5.41 Å². The van der Waals surface area contributed by atoms with E-state index in [4.69, 9.17) is 10.5 Å². The predicted octanol–water partition coefficient (Wildman–Crippen LogP) is 5.58. The number of anilines is 1. The molecule has 2 atom stereocenters. The van der Waals surface area contributed by atoms with Gasteiger partial charge in [-0.15, -0.1) is 0 Å². The molecule has 2 unspecified atom stereocenters. The third kappa shape index (κ3) is 7.23. The molecule has 0 aliphatic heterocycles. The lowest BCUT2D eigenvalue weighted by molar-refractivity contribution is -0.162. The van der Waals surface area contributed by atoms with Gasteiger partial charge in [0.2, 0.25) is 0 Å². The zero-order valence-electron chi connectivity index (χ0n) is 20.7. The van der Waals surface area contributed by atoms with Crippen molar-refractivity contribution < 1.29 is 14.6 Å². The minimum Gasteiger partial charge on any atom is -0.506 e. The fourth-order valence-electron chi connectivity index (χ4n) is 3.32. The third-order valence-electron chi connectivity index (χ3n) is 5.88. The molecule has 0 fully saturated rings. The number of phenols is 1. The monoisotopic (exact) mass is 443 g/mol. The zero-order chi connectivity index (χ0) is 24.4. The summed E-state index contributed by atoms with van der Waals surface area (Å²) in [5.74, 6) is -0.0706. The first-order chi connectivity index (χ1) is 15.1. The molecule has 0 saturated heterocycles. The average Bonchev–Trinajstić information content (AvgIpc) is 2.75. The summed E-state index contributed by atoms with van der Waals surface area (Å²) in [6.45, 7) is 14.6. The van der Waals surface area contributed by atoms with Gasteiger partial charge in [-0.3, -0.25) is 10.2 Å². The van der Waals surface area contributed by atoms with Crippen molar-refractivity contribution in [3.8, 4) is 5.75 Å². The number of hydrazone groups is 1. The van der Waals surface area contributed by atoms with Crippen molar-refractivity contribution >= 4 is 17.4 Å². The van der Waals surface area contributed by atoms with Crippen molar-refractivity contribution in [2.75, 3.05) is 12.0 Å². The van der Waals surface area contributed by atoms with Gasteiger partial charge in [-0.05, 0) is 42.5 Å². The molecule has 178 valence electrons. The Labute approximate surface area is 193 Å². The van der Waals surface area contributed by atoms with Crippen LogP contribution in [0.25, 0.3) is 0 Å². The first kappa shape index (κ1) is 27.4. The maximum Gasteiger partial charge on any atom is 0.312 e. The molecular weight excluding hydrogens is 402 g/mol. The molecule has 0 heterocycles. The number of nitrogens with two attached hydrogens (primary N) is 1. The second-order valence-electron chi connectivity index (χ2n) is 8.99. The summed E-state index contributed by atoms with van der Waals surface area (Å²) >= 11 is 0. The van der Waals surface area contributed by atoms with Gasteiger partial charge in [0.25, 0.3) is 0 Å². The van der Waals surface area contributed by atoms with Gasteiger partial charge < -0.3 is 15.6 Å². The van der Waals surface area contributed by atoms with Crippen molar-refractivity contribution in [1.82, 2.24) is 0 Å². The van der Waals surface area contributed by atoms with E-state index in [1.54, 1.807) is 12.1 Å². The summed E-state index contributed by atoms with van der Waals surface area (Å²) in [4.78, 5) is 12.8. The number of carbonyl (C=O) groups is 1. The maximum atomic E-state index is 12.8. The number of hydrogen-bond donors (Lipinski definition) is 3. The van der Waals surface area contributed by atoms with Crippen LogP contribution in [-0.2, 0) is 16.0 Å². The number of hydrogen-bond acceptors (Lipinski definition) is 6. The summed E-state index contributed by atoms with van der Waals surface area (Å²) in [5, 5.41) is 14.4. The van der Waals surface area contributed by atoms with Crippen LogP contribution in [-0.4, -0.2) is 29.4 Å². The molecule has 32 heavy (non-hydrogen) atoms. The van der Waals surface area contributed by atoms with E-state index in [0.717, 1.165) is 18.4 Å². The smallest absolute Gasteiger partial charge is 0.312 e. The van der Waals surface area contributed by atoms with Crippen LogP contribution in [0.2, 0.25) is 0 Å². The maximum absolute atomic E-state index is 12.8. The van der Waals surface area contributed by atoms with Gasteiger partial charge in [-0.25, -0.2) is 0 Å². The molecule has 2 rings (SSSR count). The Balaban J connectivity index is 0.00000249. The first-order valence-corrected chi connectivity index (χ1v) is 11.5. The largest absolute Gasteiger partial charge is 0.506 e. The van der Waals surface area contributed by atoms with Gasteiger partial charge in [0, 0.05) is 6.42 Å². The standard InChI is InChI=1S/C24H35N3O3.C2H6/c1-6-14-24(5,23(2,3)4)22(29)30-15-13-17-11-12-21(28)20(16-17)27-26-19-10-8-7-9-18(19)25;1-2/h7-12,16,18,27-28H,6,13-15,25H2,1-5H3;1-2H3/b26-19-;. The summed E-state index contributed by atoms with van der Waals surface area (Å²) in [7, 11) is 0. The molecule has 1 aromatic carbocycles. The number of esters is 1. The quantitative estimate of drug-likeness (QED) is 0.277. The Morgan fingerprint density at radius 2 is 1.91 bits per heavy atom. The highest BCUT2D eigenvalue weighted by atomic mass is 16.5. The molecule has 0 saturated carbocycles. The number of benzene rings is 1. The Morgan fingerprint density at radius 3 is 2.50 bits per heavy atom. The summed E-state index contributed by atoms with van der Waals surface area (Å²) in [6.07, 6.45) is 9.65. The van der Waals surface area contributed by atoms with Crippen molar-refractivity contribution in [3.63, 3.8) is 0 Å². The fraction of sp³-hybridized carbons (Fsp3) is 0.538. The van der Waals surface area contributed by atoms with Crippen LogP contribution >= 0.6 is 0 Å². The number of allylic oxidation sites excluding steroid dienone is 2. The summed E-state index contributed by atoms with van der Waals surface area (Å²) in [5.41, 5.74) is 10.2. The normalized spacial score (nSPS) is 18.5. The number of nitrogens with zero attached hydrogens (tertiary/aromatic N) is 1. The zero-order valence-corrected chi connectivity index (χ0v) is 20.7. The molecule has 1 aromatic rings. The van der Waals surface area contributed by atoms with Gasteiger partial charge >= 0.3 is 5.97 Å². The van der Waals surface area contributed by atoms with E-state index in [-0.39, 0.29) is 29.8 Å². The minimum atomic E-state index is -0.528. The highest BCUT2D eigenvalue weighted by Crippen LogP contribution is 2.43. The second kappa shape index (κ2) is 12.4. The van der Waals surface area contributed by atoms with E-state index in [9.17, 15) is 9.90 Å². The lowest BCUT2D eigenvalue weighted by Gasteiger charge is -2.39. The Morgan fingerprint density at radius 1 is 1.22 bits per heavy atom. The van der Waals surface area contributed by atoms with Gasteiger partial charge in [-0.2, -0.15) is 5.10 Å². The highest BCUT2D eigenvalue weighted by molar-refractivity contribution is 6.02. The van der Waals surface area contributed by atoms with Crippen LogP contribution < -0.4 is 11.2 Å². The average molecular weight is 444 g/mol. The SMILES string of the molecule is CC.CCCC(C)(C(=O)OCCc1ccc(O)c(N/N=C2/C=CC=CC2N)c1)C(C)(C)C. The van der Waals surface area contributed by atoms with Crippen molar-refractivity contribution in [3.05, 3.63) is 48.1 Å². The molecular formula is C26H41N3O3. The number of rotatable bonds is 8. The van der Waals surface area contributed by atoms with E-state index in [2.05, 4.69) is 38.2 Å². The lowest BCUT2D eigenvalue weighted by Crippen LogP contribution is -2.41. The van der Waals surface area contributed by atoms with Crippen LogP contribution in [0.15, 0.2) is 47.6 Å². The van der Waals surface area contributed by atoms with E-state index in [1.165, 1.54) is 0 Å². The molecule has 4 N–H and O–H groups in total. The van der Waals surface area contributed by atoms with Gasteiger partial charge in [0.1, 0.15) is 5.75 Å². The van der Waals surface area contributed by atoms with Gasteiger partial charge in [0.05, 0.1) is 29.5 Å². The van der Waals surface area contributed by atoms with E-state index in [0.29, 0.717) is 17.8 Å². The van der Waals surface area contributed by atoms with Crippen LogP contribution in [0.4, 0.5) is 5.69 Å². The molecule has 0 aromatic heterocycles. The molecule has 0 amide bonds. The molecule has 1 aliphatic rings. The van der Waals surface area contributed by atoms with E-state index in [1.807, 2.05) is 51.1 Å². The van der Waals surface area contributed by atoms with Crippen LogP contribution in [0, 0.1) is 10.8 Å².